The Morgan fingerprint density at radius 2 is 2.26 bits per heavy atom. The third-order valence-corrected chi connectivity index (χ3v) is 3.72. The van der Waals surface area contributed by atoms with Crippen LogP contribution in [0.2, 0.25) is 0 Å². The second-order valence-electron chi connectivity index (χ2n) is 5.06. The van der Waals surface area contributed by atoms with E-state index in [2.05, 4.69) is 33.5 Å². The standard InChI is InChI=1S/C13H24N4OS/c1-3-7-17-12(14-15-13(17)19)16-8-5-6-11(10-16)18-9-4-2/h11H,3-10H2,1-2H3,(H,15,19). The Kier molecular flexibility index (Phi) is 5.39. The van der Waals surface area contributed by atoms with E-state index in [0.29, 0.717) is 10.9 Å². The minimum absolute atomic E-state index is 0.328. The molecule has 0 radical (unpaired) electrons. The Labute approximate surface area is 119 Å². The molecule has 19 heavy (non-hydrogen) atoms. The maximum Gasteiger partial charge on any atom is 0.225 e. The molecule has 0 spiro atoms. The van der Waals surface area contributed by atoms with Crippen molar-refractivity contribution in [2.45, 2.75) is 52.2 Å². The second-order valence-corrected chi connectivity index (χ2v) is 5.45. The van der Waals surface area contributed by atoms with E-state index in [4.69, 9.17) is 17.0 Å². The molecule has 1 unspecified atom stereocenters. The maximum absolute atomic E-state index is 5.88. The van der Waals surface area contributed by atoms with E-state index >= 15 is 0 Å². The van der Waals surface area contributed by atoms with Gasteiger partial charge in [0.15, 0.2) is 4.77 Å². The zero-order chi connectivity index (χ0) is 13.7. The van der Waals surface area contributed by atoms with E-state index in [9.17, 15) is 0 Å². The lowest BCUT2D eigenvalue weighted by Crippen LogP contribution is -2.41. The summed E-state index contributed by atoms with van der Waals surface area (Å²) in [4.78, 5) is 2.30. The molecule has 6 heteroatoms. The van der Waals surface area contributed by atoms with Gasteiger partial charge in [-0.1, -0.05) is 13.8 Å². The van der Waals surface area contributed by atoms with E-state index < -0.39 is 0 Å². The quantitative estimate of drug-likeness (QED) is 0.816. The van der Waals surface area contributed by atoms with E-state index in [1.165, 1.54) is 0 Å². The van der Waals surface area contributed by atoms with Crippen molar-refractivity contribution in [1.82, 2.24) is 14.8 Å². The lowest BCUT2D eigenvalue weighted by Gasteiger charge is -2.33. The average Bonchev–Trinajstić information content (AvgIpc) is 2.79. The third kappa shape index (κ3) is 3.57. The number of nitrogens with one attached hydrogen (secondary N) is 1. The summed E-state index contributed by atoms with van der Waals surface area (Å²) < 4.78 is 8.69. The first kappa shape index (κ1) is 14.5. The molecule has 5 nitrogen and oxygen atoms in total. The van der Waals surface area contributed by atoms with Gasteiger partial charge in [0.1, 0.15) is 0 Å². The summed E-state index contributed by atoms with van der Waals surface area (Å²) in [6.45, 7) is 8.02. The molecule has 1 N–H and O–H groups in total. The van der Waals surface area contributed by atoms with Crippen LogP contribution in [-0.2, 0) is 11.3 Å². The molecule has 0 amide bonds. The van der Waals surface area contributed by atoms with Crippen molar-refractivity contribution in [3.05, 3.63) is 4.77 Å². The zero-order valence-electron chi connectivity index (χ0n) is 11.9. The molecule has 0 aliphatic carbocycles. The van der Waals surface area contributed by atoms with Crippen LogP contribution in [0, 0.1) is 4.77 Å². The van der Waals surface area contributed by atoms with Crippen LogP contribution in [0.5, 0.6) is 0 Å². The minimum Gasteiger partial charge on any atom is -0.376 e. The van der Waals surface area contributed by atoms with Gasteiger partial charge in [0.2, 0.25) is 5.95 Å². The summed E-state index contributed by atoms with van der Waals surface area (Å²) in [5.41, 5.74) is 0. The van der Waals surface area contributed by atoms with Gasteiger partial charge in [0.05, 0.1) is 6.10 Å². The highest BCUT2D eigenvalue weighted by Crippen LogP contribution is 2.20. The molecule has 108 valence electrons. The van der Waals surface area contributed by atoms with E-state index in [1.807, 2.05) is 0 Å². The topological polar surface area (TPSA) is 46.1 Å². The molecule has 1 aromatic heterocycles. The molecule has 0 aromatic carbocycles. The number of aromatic amines is 1. The van der Waals surface area contributed by atoms with E-state index in [0.717, 1.165) is 57.9 Å². The fourth-order valence-electron chi connectivity index (χ4n) is 2.52. The highest BCUT2D eigenvalue weighted by Gasteiger charge is 2.23. The number of H-pyrrole nitrogens is 1. The Balaban J connectivity index is 2.06. The van der Waals surface area contributed by atoms with Crippen LogP contribution in [-0.4, -0.2) is 40.6 Å². The Morgan fingerprint density at radius 3 is 3.00 bits per heavy atom. The minimum atomic E-state index is 0.328. The highest BCUT2D eigenvalue weighted by atomic mass is 32.1. The van der Waals surface area contributed by atoms with E-state index in [1.54, 1.807) is 0 Å². The first-order valence-electron chi connectivity index (χ1n) is 7.28. The number of hydrogen-bond donors (Lipinski definition) is 1. The summed E-state index contributed by atoms with van der Waals surface area (Å²) in [5.74, 6) is 0.969. The van der Waals surface area contributed by atoms with Crippen molar-refractivity contribution in [3.63, 3.8) is 0 Å². The van der Waals surface area contributed by atoms with Crippen LogP contribution in [0.4, 0.5) is 5.95 Å². The highest BCUT2D eigenvalue weighted by molar-refractivity contribution is 7.71. The van der Waals surface area contributed by atoms with Crippen molar-refractivity contribution in [3.8, 4) is 0 Å². The third-order valence-electron chi connectivity index (χ3n) is 3.40. The van der Waals surface area contributed by atoms with Gasteiger partial charge in [-0.15, -0.1) is 5.10 Å². The van der Waals surface area contributed by atoms with Crippen molar-refractivity contribution in [1.29, 1.82) is 0 Å². The van der Waals surface area contributed by atoms with Gasteiger partial charge in [-0.3, -0.25) is 4.57 Å². The molecular formula is C13H24N4OS. The van der Waals surface area contributed by atoms with Crippen LogP contribution in [0.15, 0.2) is 0 Å². The fraction of sp³-hybridized carbons (Fsp3) is 0.846. The first-order valence-corrected chi connectivity index (χ1v) is 7.68. The van der Waals surface area contributed by atoms with Gasteiger partial charge in [0, 0.05) is 26.2 Å². The number of ether oxygens (including phenoxy) is 1. The lowest BCUT2D eigenvalue weighted by molar-refractivity contribution is 0.0436. The van der Waals surface area contributed by atoms with Crippen LogP contribution < -0.4 is 4.90 Å². The molecule has 1 saturated heterocycles. The van der Waals surface area contributed by atoms with Crippen molar-refractivity contribution in [2.75, 3.05) is 24.6 Å². The van der Waals surface area contributed by atoms with Gasteiger partial charge in [-0.2, -0.15) is 0 Å². The van der Waals surface area contributed by atoms with Crippen LogP contribution in [0.25, 0.3) is 0 Å². The number of aromatic nitrogens is 3. The summed E-state index contributed by atoms with van der Waals surface area (Å²) in [6.07, 6.45) is 4.76. The summed E-state index contributed by atoms with van der Waals surface area (Å²) in [6, 6.07) is 0. The molecule has 1 aliphatic heterocycles. The van der Waals surface area contributed by atoms with Crippen LogP contribution in [0.1, 0.15) is 39.5 Å². The van der Waals surface area contributed by atoms with Gasteiger partial charge < -0.3 is 9.64 Å². The SMILES string of the molecule is CCCOC1CCCN(c2n[nH]c(=S)n2CCC)C1. The second kappa shape index (κ2) is 7.05. The summed E-state index contributed by atoms with van der Waals surface area (Å²) in [7, 11) is 0. The summed E-state index contributed by atoms with van der Waals surface area (Å²) in [5, 5.41) is 7.30. The number of rotatable bonds is 6. The first-order chi connectivity index (χ1) is 9.26. The Morgan fingerprint density at radius 1 is 1.42 bits per heavy atom. The average molecular weight is 284 g/mol. The zero-order valence-corrected chi connectivity index (χ0v) is 12.7. The van der Waals surface area contributed by atoms with Gasteiger partial charge in [0.25, 0.3) is 0 Å². The van der Waals surface area contributed by atoms with Crippen molar-refractivity contribution in [2.24, 2.45) is 0 Å². The molecule has 0 saturated carbocycles. The van der Waals surface area contributed by atoms with Crippen LogP contribution in [0.3, 0.4) is 0 Å². The molecule has 1 fully saturated rings. The Bertz CT molecular complexity index is 442. The number of nitrogens with zero attached hydrogens (tertiary/aromatic N) is 3. The fourth-order valence-corrected chi connectivity index (χ4v) is 2.73. The number of piperidine rings is 1. The Hall–Kier alpha value is -0.880. The van der Waals surface area contributed by atoms with Gasteiger partial charge in [-0.05, 0) is 37.9 Å². The van der Waals surface area contributed by atoms with Gasteiger partial charge >= 0.3 is 0 Å². The van der Waals surface area contributed by atoms with Crippen LogP contribution >= 0.6 is 12.2 Å². The normalized spacial score (nSPS) is 19.9. The smallest absolute Gasteiger partial charge is 0.225 e. The molecule has 1 aliphatic rings. The monoisotopic (exact) mass is 284 g/mol. The molecule has 2 rings (SSSR count). The lowest BCUT2D eigenvalue weighted by atomic mass is 10.1. The van der Waals surface area contributed by atoms with Crippen molar-refractivity contribution < 1.29 is 4.74 Å². The van der Waals surface area contributed by atoms with E-state index in [-0.39, 0.29) is 0 Å². The number of anilines is 1. The largest absolute Gasteiger partial charge is 0.376 e. The van der Waals surface area contributed by atoms with Crippen molar-refractivity contribution >= 4 is 18.2 Å². The molecule has 1 aromatic rings. The molecule has 2 heterocycles. The predicted octanol–water partition coefficient (Wildman–Crippen LogP) is 2.75. The number of hydrogen-bond acceptors (Lipinski definition) is 4. The maximum atomic E-state index is 5.88. The summed E-state index contributed by atoms with van der Waals surface area (Å²) >= 11 is 5.29. The molecule has 0 bridgehead atoms. The van der Waals surface area contributed by atoms with Gasteiger partial charge in [-0.25, -0.2) is 5.10 Å². The molecule has 1 atom stereocenters. The molecular weight excluding hydrogens is 260 g/mol. The predicted molar refractivity (Wildman–Crippen MR) is 79.2 cm³/mol.